The van der Waals surface area contributed by atoms with E-state index in [0.29, 0.717) is 18.7 Å². The molecule has 1 N–H and O–H groups in total. The summed E-state index contributed by atoms with van der Waals surface area (Å²) in [4.78, 5) is 17.1. The molecular formula is C15H14ClN3O3S. The molecule has 0 aliphatic carbocycles. The van der Waals surface area contributed by atoms with Crippen LogP contribution in [0.4, 0.5) is 11.4 Å². The van der Waals surface area contributed by atoms with Crippen molar-refractivity contribution in [1.29, 1.82) is 0 Å². The van der Waals surface area contributed by atoms with Gasteiger partial charge in [0.25, 0.3) is 10.0 Å². The Labute approximate surface area is 139 Å². The van der Waals surface area contributed by atoms with E-state index >= 15 is 0 Å². The Morgan fingerprint density at radius 2 is 1.91 bits per heavy atom. The van der Waals surface area contributed by atoms with Gasteiger partial charge < -0.3 is 4.90 Å². The number of nitrogens with zero attached hydrogens (tertiary/aromatic N) is 2. The fourth-order valence-electron chi connectivity index (χ4n) is 2.41. The lowest BCUT2D eigenvalue weighted by Gasteiger charge is -2.16. The minimum Gasteiger partial charge on any atom is -0.312 e. The van der Waals surface area contributed by atoms with Crippen molar-refractivity contribution in [1.82, 2.24) is 4.98 Å². The van der Waals surface area contributed by atoms with Gasteiger partial charge in [-0.25, -0.2) is 13.4 Å². The molecule has 6 nitrogen and oxygen atoms in total. The number of pyridine rings is 1. The van der Waals surface area contributed by atoms with Gasteiger partial charge in [0.15, 0.2) is 0 Å². The smallest absolute Gasteiger partial charge is 0.264 e. The van der Waals surface area contributed by atoms with Crippen LogP contribution in [0.25, 0.3) is 0 Å². The number of rotatable bonds is 4. The molecule has 23 heavy (non-hydrogen) atoms. The van der Waals surface area contributed by atoms with Crippen LogP contribution >= 0.6 is 11.6 Å². The van der Waals surface area contributed by atoms with E-state index in [4.69, 9.17) is 11.6 Å². The van der Waals surface area contributed by atoms with Crippen LogP contribution in [0.15, 0.2) is 47.5 Å². The van der Waals surface area contributed by atoms with Crippen LogP contribution in [0.2, 0.25) is 5.15 Å². The van der Waals surface area contributed by atoms with Gasteiger partial charge in [0.1, 0.15) is 10.0 Å². The molecule has 0 bridgehead atoms. The SMILES string of the molecule is O=C1CCCN1c1ccc(NS(=O)(=O)c2cccnc2Cl)cc1. The minimum absolute atomic E-state index is 0.0829. The maximum atomic E-state index is 12.3. The Morgan fingerprint density at radius 3 is 2.52 bits per heavy atom. The summed E-state index contributed by atoms with van der Waals surface area (Å²) in [6.45, 7) is 0.690. The van der Waals surface area contributed by atoms with E-state index in [1.54, 1.807) is 29.2 Å². The Kier molecular flexibility index (Phi) is 4.23. The van der Waals surface area contributed by atoms with Gasteiger partial charge >= 0.3 is 0 Å². The zero-order chi connectivity index (χ0) is 16.4. The molecule has 0 radical (unpaired) electrons. The van der Waals surface area contributed by atoms with Gasteiger partial charge in [-0.3, -0.25) is 9.52 Å². The molecule has 1 saturated heterocycles. The number of benzene rings is 1. The third-order valence-electron chi connectivity index (χ3n) is 3.52. The van der Waals surface area contributed by atoms with E-state index in [1.807, 2.05) is 0 Å². The lowest BCUT2D eigenvalue weighted by Crippen LogP contribution is -2.23. The van der Waals surface area contributed by atoms with E-state index < -0.39 is 10.0 Å². The van der Waals surface area contributed by atoms with E-state index in [9.17, 15) is 13.2 Å². The van der Waals surface area contributed by atoms with Crippen molar-refractivity contribution in [2.75, 3.05) is 16.2 Å². The second-order valence-electron chi connectivity index (χ2n) is 5.09. The van der Waals surface area contributed by atoms with Gasteiger partial charge in [-0.1, -0.05) is 11.6 Å². The predicted octanol–water partition coefficient (Wildman–Crippen LogP) is 2.66. The van der Waals surface area contributed by atoms with Crippen LogP contribution in [0.3, 0.4) is 0 Å². The molecule has 8 heteroatoms. The molecular weight excluding hydrogens is 338 g/mol. The first-order chi connectivity index (χ1) is 11.0. The zero-order valence-electron chi connectivity index (χ0n) is 12.1. The summed E-state index contributed by atoms with van der Waals surface area (Å²) in [5, 5.41) is -0.0840. The predicted molar refractivity (Wildman–Crippen MR) is 88.1 cm³/mol. The maximum absolute atomic E-state index is 12.3. The summed E-state index contributed by atoms with van der Waals surface area (Å²) in [5.74, 6) is 0.0838. The second-order valence-corrected chi connectivity index (χ2v) is 7.10. The molecule has 2 aromatic rings. The first kappa shape index (κ1) is 15.8. The number of sulfonamides is 1. The highest BCUT2D eigenvalue weighted by molar-refractivity contribution is 7.92. The number of amides is 1. The number of aromatic nitrogens is 1. The standard InChI is InChI=1S/C15H14ClN3O3S/c16-15-13(3-1-9-17-15)23(21,22)18-11-5-7-12(8-6-11)19-10-2-4-14(19)20/h1,3,5-9,18H,2,4,10H2. The fraction of sp³-hybridized carbons (Fsp3) is 0.200. The molecule has 1 aromatic carbocycles. The molecule has 2 heterocycles. The average Bonchev–Trinajstić information content (AvgIpc) is 2.94. The van der Waals surface area contributed by atoms with Gasteiger partial charge in [0.2, 0.25) is 5.91 Å². The Balaban J connectivity index is 1.81. The molecule has 0 unspecified atom stereocenters. The lowest BCUT2D eigenvalue weighted by molar-refractivity contribution is -0.117. The minimum atomic E-state index is -3.81. The quantitative estimate of drug-likeness (QED) is 0.859. The highest BCUT2D eigenvalue weighted by Gasteiger charge is 2.22. The van der Waals surface area contributed by atoms with Crippen molar-refractivity contribution in [3.63, 3.8) is 0 Å². The van der Waals surface area contributed by atoms with Crippen LogP contribution in [0.1, 0.15) is 12.8 Å². The van der Waals surface area contributed by atoms with Gasteiger partial charge in [0.05, 0.1) is 0 Å². The first-order valence-corrected chi connectivity index (χ1v) is 8.87. The number of nitrogens with one attached hydrogen (secondary N) is 1. The second kappa shape index (κ2) is 6.17. The van der Waals surface area contributed by atoms with Gasteiger partial charge in [-0.15, -0.1) is 0 Å². The molecule has 3 rings (SSSR count). The lowest BCUT2D eigenvalue weighted by atomic mass is 10.2. The van der Waals surface area contributed by atoms with E-state index in [2.05, 4.69) is 9.71 Å². The topological polar surface area (TPSA) is 79.4 Å². The summed E-state index contributed by atoms with van der Waals surface area (Å²) in [5.41, 5.74) is 1.15. The Bertz CT molecular complexity index is 837. The monoisotopic (exact) mass is 351 g/mol. The largest absolute Gasteiger partial charge is 0.312 e. The molecule has 1 aliphatic rings. The van der Waals surface area contributed by atoms with E-state index in [1.165, 1.54) is 18.3 Å². The summed E-state index contributed by atoms with van der Waals surface area (Å²) in [6.07, 6.45) is 2.81. The number of hydrogen-bond acceptors (Lipinski definition) is 4. The highest BCUT2D eigenvalue weighted by atomic mass is 35.5. The number of halogens is 1. The summed E-state index contributed by atoms with van der Waals surface area (Å²) >= 11 is 5.83. The Morgan fingerprint density at radius 1 is 1.17 bits per heavy atom. The van der Waals surface area contributed by atoms with E-state index in [-0.39, 0.29) is 16.0 Å². The fourth-order valence-corrected chi connectivity index (χ4v) is 3.92. The zero-order valence-corrected chi connectivity index (χ0v) is 13.6. The van der Waals surface area contributed by atoms with Crippen molar-refractivity contribution < 1.29 is 13.2 Å². The van der Waals surface area contributed by atoms with Crippen LogP contribution in [-0.2, 0) is 14.8 Å². The Hall–Kier alpha value is -2.12. The average molecular weight is 352 g/mol. The summed E-state index contributed by atoms with van der Waals surface area (Å²) < 4.78 is 27.1. The normalized spacial score (nSPS) is 15.0. The van der Waals surface area contributed by atoms with Crippen LogP contribution in [0, 0.1) is 0 Å². The molecule has 0 atom stereocenters. The molecule has 120 valence electrons. The number of carbonyl (C=O) groups is 1. The maximum Gasteiger partial charge on any atom is 0.264 e. The third kappa shape index (κ3) is 3.30. The van der Waals surface area contributed by atoms with Crippen molar-refractivity contribution in [2.45, 2.75) is 17.7 Å². The number of hydrogen-bond donors (Lipinski definition) is 1. The molecule has 1 aromatic heterocycles. The van der Waals surface area contributed by atoms with Crippen molar-refractivity contribution >= 4 is 38.9 Å². The molecule has 0 saturated carbocycles. The van der Waals surface area contributed by atoms with Crippen LogP contribution in [-0.4, -0.2) is 25.9 Å². The summed E-state index contributed by atoms with van der Waals surface area (Å²) in [6, 6.07) is 9.54. The van der Waals surface area contributed by atoms with Crippen molar-refractivity contribution in [3.05, 3.63) is 47.7 Å². The molecule has 1 aliphatic heterocycles. The number of carbonyl (C=O) groups excluding carboxylic acids is 1. The molecule has 1 amide bonds. The van der Waals surface area contributed by atoms with Gasteiger partial charge in [-0.05, 0) is 42.8 Å². The van der Waals surface area contributed by atoms with Gasteiger partial charge in [-0.2, -0.15) is 0 Å². The van der Waals surface area contributed by atoms with Crippen molar-refractivity contribution in [2.24, 2.45) is 0 Å². The van der Waals surface area contributed by atoms with Crippen molar-refractivity contribution in [3.8, 4) is 0 Å². The number of anilines is 2. The molecule has 0 spiro atoms. The van der Waals surface area contributed by atoms with Crippen LogP contribution < -0.4 is 9.62 Å². The highest BCUT2D eigenvalue weighted by Crippen LogP contribution is 2.25. The molecule has 1 fully saturated rings. The van der Waals surface area contributed by atoms with Crippen LogP contribution in [0.5, 0.6) is 0 Å². The summed E-state index contributed by atoms with van der Waals surface area (Å²) in [7, 11) is -3.81. The third-order valence-corrected chi connectivity index (χ3v) is 5.35. The first-order valence-electron chi connectivity index (χ1n) is 7.01. The van der Waals surface area contributed by atoms with E-state index in [0.717, 1.165) is 12.1 Å². The van der Waals surface area contributed by atoms with Gasteiger partial charge in [0, 0.05) is 30.5 Å².